The molecule has 108 valence electrons. The highest BCUT2D eigenvalue weighted by Crippen LogP contribution is 2.26. The van der Waals surface area contributed by atoms with Gasteiger partial charge in [0.1, 0.15) is 11.4 Å². The van der Waals surface area contributed by atoms with Crippen LogP contribution in [0.2, 0.25) is 0 Å². The van der Waals surface area contributed by atoms with Crippen LogP contribution in [0.1, 0.15) is 30.7 Å². The first-order valence-electron chi connectivity index (χ1n) is 6.49. The van der Waals surface area contributed by atoms with Crippen LogP contribution in [0.4, 0.5) is 0 Å². The van der Waals surface area contributed by atoms with E-state index in [-0.39, 0.29) is 0 Å². The number of methoxy groups -OCH3 is 1. The van der Waals surface area contributed by atoms with Crippen molar-refractivity contribution in [3.63, 3.8) is 0 Å². The van der Waals surface area contributed by atoms with Gasteiger partial charge in [0.15, 0.2) is 6.29 Å². The number of ether oxygens (including phenoxy) is 3. The van der Waals surface area contributed by atoms with Crippen LogP contribution in [0.15, 0.2) is 18.2 Å². The Morgan fingerprint density at radius 1 is 1.30 bits per heavy atom. The topological polar surface area (TPSA) is 62.6 Å². The number of carbonyl (C=O) groups is 1. The Morgan fingerprint density at radius 2 is 2.00 bits per heavy atom. The van der Waals surface area contributed by atoms with E-state index in [1.807, 2.05) is 13.8 Å². The summed E-state index contributed by atoms with van der Waals surface area (Å²) in [5, 5.41) is 5.00. The van der Waals surface area contributed by atoms with Crippen molar-refractivity contribution < 1.29 is 19.0 Å². The molecular weight excluding hydrogens is 260 g/mol. The molecule has 0 saturated carbocycles. The Kier molecular flexibility index (Phi) is 4.70. The fourth-order valence-electron chi connectivity index (χ4n) is 1.99. The van der Waals surface area contributed by atoms with E-state index in [2.05, 4.69) is 5.10 Å². The minimum Gasteiger partial charge on any atom is -0.497 e. The summed E-state index contributed by atoms with van der Waals surface area (Å²) in [6.45, 7) is 4.71. The average Bonchev–Trinajstić information content (AvgIpc) is 2.84. The van der Waals surface area contributed by atoms with Gasteiger partial charge in [0.25, 0.3) is 6.41 Å². The summed E-state index contributed by atoms with van der Waals surface area (Å²) in [5.41, 5.74) is 1.09. The van der Waals surface area contributed by atoms with E-state index in [1.54, 1.807) is 30.0 Å². The van der Waals surface area contributed by atoms with Crippen molar-refractivity contribution in [1.82, 2.24) is 9.78 Å². The predicted octanol–water partition coefficient (Wildman–Crippen LogP) is 2.39. The number of carbonyl (C=O) groups excluding carboxylic acids is 1. The van der Waals surface area contributed by atoms with Crippen LogP contribution in [0.3, 0.4) is 0 Å². The lowest BCUT2D eigenvalue weighted by atomic mass is 10.2. The molecule has 2 rings (SSSR count). The predicted molar refractivity (Wildman–Crippen MR) is 74.0 cm³/mol. The quantitative estimate of drug-likeness (QED) is 0.575. The second kappa shape index (κ2) is 6.49. The first-order valence-corrected chi connectivity index (χ1v) is 6.49. The highest BCUT2D eigenvalue weighted by atomic mass is 16.7. The highest BCUT2D eigenvalue weighted by molar-refractivity contribution is 5.95. The van der Waals surface area contributed by atoms with Crippen LogP contribution < -0.4 is 4.74 Å². The third-order valence-electron chi connectivity index (χ3n) is 2.87. The van der Waals surface area contributed by atoms with Gasteiger partial charge in [-0.3, -0.25) is 4.79 Å². The summed E-state index contributed by atoms with van der Waals surface area (Å²) in [5.74, 6) is 0.683. The monoisotopic (exact) mass is 278 g/mol. The summed E-state index contributed by atoms with van der Waals surface area (Å²) in [4.78, 5) is 11.1. The summed E-state index contributed by atoms with van der Waals surface area (Å²) in [7, 11) is 1.59. The molecule has 1 aromatic carbocycles. The van der Waals surface area contributed by atoms with Gasteiger partial charge < -0.3 is 14.2 Å². The minimum absolute atomic E-state index is 0.354. The van der Waals surface area contributed by atoms with Gasteiger partial charge in [-0.15, -0.1) is 0 Å². The Hall–Kier alpha value is -1.92. The normalized spacial score (nSPS) is 11.2. The molecule has 0 aliphatic rings. The molecule has 20 heavy (non-hydrogen) atoms. The lowest BCUT2D eigenvalue weighted by molar-refractivity contribution is -0.189. The Morgan fingerprint density at radius 3 is 2.55 bits per heavy atom. The van der Waals surface area contributed by atoms with E-state index in [0.29, 0.717) is 24.7 Å². The average molecular weight is 278 g/mol. The Labute approximate surface area is 117 Å². The Balaban J connectivity index is 2.57. The van der Waals surface area contributed by atoms with Crippen molar-refractivity contribution in [3.8, 4) is 5.75 Å². The van der Waals surface area contributed by atoms with E-state index in [1.165, 1.54) is 0 Å². The fourth-order valence-corrected chi connectivity index (χ4v) is 1.99. The van der Waals surface area contributed by atoms with Crippen LogP contribution in [0, 0.1) is 0 Å². The molecule has 0 spiro atoms. The fraction of sp³-hybridized carbons (Fsp3) is 0.429. The lowest BCUT2D eigenvalue weighted by Gasteiger charge is -2.18. The van der Waals surface area contributed by atoms with E-state index in [4.69, 9.17) is 14.2 Å². The van der Waals surface area contributed by atoms with Gasteiger partial charge >= 0.3 is 0 Å². The summed E-state index contributed by atoms with van der Waals surface area (Å²) < 4.78 is 17.8. The second-order valence-electron chi connectivity index (χ2n) is 4.05. The zero-order chi connectivity index (χ0) is 14.5. The molecule has 6 heteroatoms. The molecule has 0 unspecified atom stereocenters. The number of hydrogen-bond donors (Lipinski definition) is 0. The van der Waals surface area contributed by atoms with Gasteiger partial charge in [-0.2, -0.15) is 5.10 Å². The van der Waals surface area contributed by atoms with Crippen molar-refractivity contribution in [3.05, 3.63) is 23.9 Å². The molecular formula is C14H18N2O4. The van der Waals surface area contributed by atoms with Crippen LogP contribution >= 0.6 is 0 Å². The molecule has 0 fully saturated rings. The van der Waals surface area contributed by atoms with E-state index >= 15 is 0 Å². The number of rotatable bonds is 7. The highest BCUT2D eigenvalue weighted by Gasteiger charge is 2.18. The van der Waals surface area contributed by atoms with Crippen LogP contribution in [0.25, 0.3) is 10.9 Å². The zero-order valence-electron chi connectivity index (χ0n) is 11.8. The first-order chi connectivity index (χ1) is 9.74. The molecule has 0 aliphatic heterocycles. The van der Waals surface area contributed by atoms with Crippen molar-refractivity contribution in [2.24, 2.45) is 0 Å². The molecule has 6 nitrogen and oxygen atoms in total. The van der Waals surface area contributed by atoms with Gasteiger partial charge in [-0.1, -0.05) is 0 Å². The number of benzene rings is 1. The molecule has 1 heterocycles. The maximum Gasteiger partial charge on any atom is 0.260 e. The van der Waals surface area contributed by atoms with Gasteiger partial charge in [-0.05, 0) is 26.0 Å². The Bertz CT molecular complexity index is 588. The molecule has 0 amide bonds. The number of hydrogen-bond acceptors (Lipinski definition) is 5. The smallest absolute Gasteiger partial charge is 0.260 e. The molecule has 0 bridgehead atoms. The van der Waals surface area contributed by atoms with E-state index < -0.39 is 6.41 Å². The largest absolute Gasteiger partial charge is 0.497 e. The molecule has 0 N–H and O–H groups in total. The van der Waals surface area contributed by atoms with Crippen molar-refractivity contribution in [2.75, 3.05) is 20.3 Å². The standard InChI is InChI=1S/C14H18N2O4/c1-4-19-14(20-5-2)16-13-8-10(18-3)6-7-11(13)12(9-17)15-16/h6-9,14H,4-5H2,1-3H3. The SMILES string of the molecule is CCOC(OCC)n1nc(C=O)c2ccc(OC)cc21. The lowest BCUT2D eigenvalue weighted by Crippen LogP contribution is -2.18. The van der Waals surface area contributed by atoms with Crippen LogP contribution in [-0.2, 0) is 9.47 Å². The van der Waals surface area contributed by atoms with E-state index in [0.717, 1.165) is 17.2 Å². The van der Waals surface area contributed by atoms with Crippen molar-refractivity contribution in [1.29, 1.82) is 0 Å². The van der Waals surface area contributed by atoms with Crippen molar-refractivity contribution in [2.45, 2.75) is 20.3 Å². The minimum atomic E-state index is -0.659. The number of fused-ring (bicyclic) bond motifs is 1. The van der Waals surface area contributed by atoms with Gasteiger partial charge in [0.2, 0.25) is 0 Å². The van der Waals surface area contributed by atoms with Gasteiger partial charge in [0, 0.05) is 24.7 Å². The molecule has 0 radical (unpaired) electrons. The molecule has 0 saturated heterocycles. The summed E-state index contributed by atoms with van der Waals surface area (Å²) >= 11 is 0. The van der Waals surface area contributed by atoms with Gasteiger partial charge in [-0.25, -0.2) is 4.68 Å². The van der Waals surface area contributed by atoms with Crippen LogP contribution in [-0.4, -0.2) is 36.4 Å². The number of aromatic nitrogens is 2. The molecule has 0 aliphatic carbocycles. The number of aldehydes is 1. The van der Waals surface area contributed by atoms with Crippen molar-refractivity contribution >= 4 is 17.2 Å². The first kappa shape index (κ1) is 14.5. The van der Waals surface area contributed by atoms with Crippen LogP contribution in [0.5, 0.6) is 5.75 Å². The summed E-state index contributed by atoms with van der Waals surface area (Å²) in [6, 6.07) is 5.40. The van der Waals surface area contributed by atoms with E-state index in [9.17, 15) is 4.79 Å². The maximum atomic E-state index is 11.1. The molecule has 0 atom stereocenters. The second-order valence-corrected chi connectivity index (χ2v) is 4.05. The number of nitrogens with zero attached hydrogens (tertiary/aromatic N) is 2. The maximum absolute atomic E-state index is 11.1. The molecule has 2 aromatic rings. The zero-order valence-corrected chi connectivity index (χ0v) is 11.8. The summed E-state index contributed by atoms with van der Waals surface area (Å²) in [6.07, 6.45) is 0.0635. The third kappa shape index (κ3) is 2.66. The van der Waals surface area contributed by atoms with Gasteiger partial charge in [0.05, 0.1) is 12.6 Å². The third-order valence-corrected chi connectivity index (χ3v) is 2.87. The molecule has 1 aromatic heterocycles.